The Morgan fingerprint density at radius 2 is 1.74 bits per heavy atom. The van der Waals surface area contributed by atoms with Crippen LogP contribution in [0.5, 0.6) is 5.75 Å². The Morgan fingerprint density at radius 1 is 1.11 bits per heavy atom. The maximum Gasteiger partial charge on any atom is 0.189 e. The molecule has 100 valence electrons. The van der Waals surface area contributed by atoms with Gasteiger partial charge in [-0.25, -0.2) is 0 Å². The minimum Gasteiger partial charge on any atom is -0.496 e. The number of ketones is 2. The molecule has 3 nitrogen and oxygen atoms in total. The summed E-state index contributed by atoms with van der Waals surface area (Å²) < 4.78 is 5.33. The van der Waals surface area contributed by atoms with Gasteiger partial charge in [0, 0.05) is 22.3 Å². The van der Waals surface area contributed by atoms with Gasteiger partial charge < -0.3 is 4.74 Å². The van der Waals surface area contributed by atoms with Gasteiger partial charge in [0.1, 0.15) is 5.75 Å². The fourth-order valence-electron chi connectivity index (χ4n) is 2.53. The van der Waals surface area contributed by atoms with Crippen LogP contribution in [0.15, 0.2) is 17.7 Å². The summed E-state index contributed by atoms with van der Waals surface area (Å²) in [5.74, 6) is 0.664. The van der Waals surface area contributed by atoms with Crippen molar-refractivity contribution < 1.29 is 14.3 Å². The zero-order valence-electron chi connectivity index (χ0n) is 12.0. The molecule has 3 heteroatoms. The van der Waals surface area contributed by atoms with Crippen molar-refractivity contribution in [1.29, 1.82) is 0 Å². The van der Waals surface area contributed by atoms with Crippen molar-refractivity contribution >= 4 is 11.6 Å². The molecule has 1 aromatic rings. The molecule has 19 heavy (non-hydrogen) atoms. The van der Waals surface area contributed by atoms with E-state index in [0.29, 0.717) is 22.4 Å². The molecule has 0 aliphatic heterocycles. The summed E-state index contributed by atoms with van der Waals surface area (Å²) in [6.45, 7) is 7.53. The first kappa shape index (κ1) is 13.5. The van der Waals surface area contributed by atoms with Crippen LogP contribution in [0.2, 0.25) is 0 Å². The summed E-state index contributed by atoms with van der Waals surface area (Å²) >= 11 is 0. The average Bonchev–Trinajstić information content (AvgIpc) is 2.35. The van der Waals surface area contributed by atoms with E-state index in [2.05, 4.69) is 0 Å². The zero-order valence-corrected chi connectivity index (χ0v) is 12.0. The van der Waals surface area contributed by atoms with Crippen LogP contribution in [-0.2, 0) is 0 Å². The van der Waals surface area contributed by atoms with Crippen molar-refractivity contribution in [1.82, 2.24) is 0 Å². The van der Waals surface area contributed by atoms with E-state index < -0.39 is 0 Å². The molecule has 0 unspecified atom stereocenters. The molecule has 0 N–H and O–H groups in total. The van der Waals surface area contributed by atoms with Crippen molar-refractivity contribution in [2.75, 3.05) is 7.11 Å². The lowest BCUT2D eigenvalue weighted by molar-refractivity contribution is 0.0982. The number of Topliss-reactive ketones (excluding diaryl/α,β-unsaturated/α-hetero) is 1. The summed E-state index contributed by atoms with van der Waals surface area (Å²) in [6.07, 6.45) is 1.42. The number of allylic oxidation sites excluding steroid dienone is 2. The number of hydrogen-bond acceptors (Lipinski definition) is 3. The molecule has 1 aliphatic carbocycles. The minimum absolute atomic E-state index is 0.0518. The van der Waals surface area contributed by atoms with Crippen LogP contribution >= 0.6 is 0 Å². The first-order chi connectivity index (χ1) is 8.88. The van der Waals surface area contributed by atoms with Crippen LogP contribution in [0.1, 0.15) is 58.5 Å². The molecule has 0 amide bonds. The predicted molar refractivity (Wildman–Crippen MR) is 74.2 cm³/mol. The molecule has 0 atom stereocenters. The second-order valence-electron chi connectivity index (χ2n) is 5.22. The summed E-state index contributed by atoms with van der Waals surface area (Å²) in [5, 5.41) is 0. The lowest BCUT2D eigenvalue weighted by Crippen LogP contribution is -2.20. The Kier molecular flexibility index (Phi) is 3.31. The molecule has 0 aromatic heterocycles. The normalized spacial score (nSPS) is 14.5. The Labute approximate surface area is 113 Å². The van der Waals surface area contributed by atoms with E-state index in [1.165, 1.54) is 6.08 Å². The molecule has 1 aromatic carbocycles. The highest BCUT2D eigenvalue weighted by atomic mass is 16.5. The van der Waals surface area contributed by atoms with Gasteiger partial charge in [0.05, 0.1) is 7.11 Å². The molecule has 0 saturated carbocycles. The quantitative estimate of drug-likeness (QED) is 0.816. The van der Waals surface area contributed by atoms with Gasteiger partial charge in [0.15, 0.2) is 11.6 Å². The van der Waals surface area contributed by atoms with Crippen LogP contribution in [0, 0.1) is 6.92 Å². The molecule has 0 fully saturated rings. The highest BCUT2D eigenvalue weighted by molar-refractivity contribution is 6.25. The van der Waals surface area contributed by atoms with Crippen molar-refractivity contribution in [3.63, 3.8) is 0 Å². The first-order valence-corrected chi connectivity index (χ1v) is 6.37. The fourth-order valence-corrected chi connectivity index (χ4v) is 2.53. The number of rotatable bonds is 2. The third-order valence-electron chi connectivity index (χ3n) is 3.59. The number of fused-ring (bicyclic) bond motifs is 1. The van der Waals surface area contributed by atoms with Crippen LogP contribution in [0.25, 0.3) is 0 Å². The molecular formula is C16H18O3. The third-order valence-corrected chi connectivity index (χ3v) is 3.59. The summed E-state index contributed by atoms with van der Waals surface area (Å²) in [5.41, 5.74) is 3.17. The van der Waals surface area contributed by atoms with Crippen LogP contribution in [-0.4, -0.2) is 18.7 Å². The maximum atomic E-state index is 12.4. The number of carbonyl (C=O) groups excluding carboxylic acids is 2. The van der Waals surface area contributed by atoms with Crippen molar-refractivity contribution in [3.05, 3.63) is 40.0 Å². The van der Waals surface area contributed by atoms with E-state index in [4.69, 9.17) is 4.74 Å². The van der Waals surface area contributed by atoms with E-state index in [1.54, 1.807) is 14.0 Å². The topological polar surface area (TPSA) is 43.4 Å². The van der Waals surface area contributed by atoms with Crippen LogP contribution < -0.4 is 4.74 Å². The third kappa shape index (κ3) is 1.99. The number of hydrogen-bond donors (Lipinski definition) is 0. The molecule has 1 aliphatic rings. The second-order valence-corrected chi connectivity index (χ2v) is 5.22. The highest BCUT2D eigenvalue weighted by Crippen LogP contribution is 2.36. The standard InChI is InChI=1S/C16H18O3/c1-8(2)11-7-13(19-5)10(4)14-12(17)6-9(3)16(18)15(11)14/h6-8H,1-5H3. The lowest BCUT2D eigenvalue weighted by Gasteiger charge is -2.22. The Balaban J connectivity index is 2.86. The van der Waals surface area contributed by atoms with E-state index in [-0.39, 0.29) is 17.5 Å². The number of carbonyl (C=O) groups is 2. The molecular weight excluding hydrogens is 240 g/mol. The number of benzene rings is 1. The van der Waals surface area contributed by atoms with Gasteiger partial charge in [-0.15, -0.1) is 0 Å². The lowest BCUT2D eigenvalue weighted by atomic mass is 9.81. The maximum absolute atomic E-state index is 12.4. The molecule has 0 saturated heterocycles. The van der Waals surface area contributed by atoms with E-state index in [1.807, 2.05) is 26.8 Å². The van der Waals surface area contributed by atoms with Gasteiger partial charge in [-0.2, -0.15) is 0 Å². The van der Waals surface area contributed by atoms with Gasteiger partial charge in [0.2, 0.25) is 0 Å². The van der Waals surface area contributed by atoms with Crippen molar-refractivity contribution in [2.45, 2.75) is 33.6 Å². The minimum atomic E-state index is -0.106. The fraction of sp³-hybridized carbons (Fsp3) is 0.375. The molecule has 2 rings (SSSR count). The van der Waals surface area contributed by atoms with Gasteiger partial charge in [-0.05, 0) is 37.5 Å². The highest BCUT2D eigenvalue weighted by Gasteiger charge is 2.30. The molecule has 0 bridgehead atoms. The molecule has 0 heterocycles. The Hall–Kier alpha value is -1.90. The van der Waals surface area contributed by atoms with Gasteiger partial charge in [0.25, 0.3) is 0 Å². The largest absolute Gasteiger partial charge is 0.496 e. The predicted octanol–water partition coefficient (Wildman–Crippen LogP) is 3.45. The van der Waals surface area contributed by atoms with Crippen LogP contribution in [0.4, 0.5) is 0 Å². The summed E-state index contributed by atoms with van der Waals surface area (Å²) in [7, 11) is 1.58. The van der Waals surface area contributed by atoms with Gasteiger partial charge in [-0.3, -0.25) is 9.59 Å². The van der Waals surface area contributed by atoms with E-state index in [0.717, 1.165) is 11.1 Å². The summed E-state index contributed by atoms with van der Waals surface area (Å²) in [6, 6.07) is 1.88. The zero-order chi connectivity index (χ0) is 14.3. The van der Waals surface area contributed by atoms with E-state index >= 15 is 0 Å². The second kappa shape index (κ2) is 4.65. The molecule has 0 radical (unpaired) electrons. The SMILES string of the molecule is COc1cc(C(C)C)c2c(c1C)C(=O)C=C(C)C2=O. The van der Waals surface area contributed by atoms with Gasteiger partial charge in [-0.1, -0.05) is 13.8 Å². The van der Waals surface area contributed by atoms with E-state index in [9.17, 15) is 9.59 Å². The summed E-state index contributed by atoms with van der Waals surface area (Å²) in [4.78, 5) is 24.6. The van der Waals surface area contributed by atoms with Crippen molar-refractivity contribution in [2.24, 2.45) is 0 Å². The Bertz CT molecular complexity index is 607. The van der Waals surface area contributed by atoms with Crippen LogP contribution in [0.3, 0.4) is 0 Å². The first-order valence-electron chi connectivity index (χ1n) is 6.37. The average molecular weight is 258 g/mol. The van der Waals surface area contributed by atoms with Crippen molar-refractivity contribution in [3.8, 4) is 5.75 Å². The van der Waals surface area contributed by atoms with Gasteiger partial charge >= 0.3 is 0 Å². The number of methoxy groups -OCH3 is 1. The number of ether oxygens (including phenoxy) is 1. The monoisotopic (exact) mass is 258 g/mol. The molecule has 0 spiro atoms. The Morgan fingerprint density at radius 3 is 2.26 bits per heavy atom. The smallest absolute Gasteiger partial charge is 0.189 e.